The molecule has 4 rings (SSSR count). The number of hydrogen-bond donors (Lipinski definition) is 1. The Morgan fingerprint density at radius 1 is 0.917 bits per heavy atom. The van der Waals surface area contributed by atoms with Crippen LogP contribution < -0.4 is 5.32 Å². The van der Waals surface area contributed by atoms with Crippen LogP contribution >= 0.6 is 23.2 Å². The number of rotatable bonds is 3. The van der Waals surface area contributed by atoms with Crippen molar-refractivity contribution in [3.05, 3.63) is 76.3 Å². The van der Waals surface area contributed by atoms with Crippen molar-refractivity contribution < 1.29 is 4.79 Å². The summed E-state index contributed by atoms with van der Waals surface area (Å²) in [5.74, 6) is 0.221. The number of hydrogen-bond acceptors (Lipinski definition) is 1. The molecule has 3 aromatic rings. The standard InChI is InChI=1S/C20H15Cl2NO/c21-15-7-14(8-16(22)10-15)18-11-19(18)20(24)23-17-6-5-12-3-1-2-4-13(12)9-17/h1-10,18-19H,11H2,(H,23,24)/t18-,19-/m1/s1. The fourth-order valence-electron chi connectivity index (χ4n) is 3.14. The van der Waals surface area contributed by atoms with Crippen molar-refractivity contribution in [1.82, 2.24) is 0 Å². The van der Waals surface area contributed by atoms with Gasteiger partial charge in [-0.2, -0.15) is 0 Å². The van der Waals surface area contributed by atoms with Crippen LogP contribution in [0.4, 0.5) is 5.69 Å². The minimum atomic E-state index is -0.0222. The van der Waals surface area contributed by atoms with Crippen LogP contribution in [-0.2, 0) is 4.79 Å². The second kappa shape index (κ2) is 6.12. The molecule has 0 heterocycles. The second-order valence-corrected chi connectivity index (χ2v) is 7.08. The van der Waals surface area contributed by atoms with Crippen LogP contribution in [0.1, 0.15) is 17.9 Å². The van der Waals surface area contributed by atoms with Gasteiger partial charge in [-0.1, -0.05) is 53.5 Å². The molecule has 1 amide bonds. The first kappa shape index (κ1) is 15.5. The van der Waals surface area contributed by atoms with Gasteiger partial charge in [0.15, 0.2) is 0 Å². The molecule has 3 aromatic carbocycles. The number of amides is 1. The Morgan fingerprint density at radius 3 is 2.38 bits per heavy atom. The Morgan fingerprint density at radius 2 is 1.62 bits per heavy atom. The van der Waals surface area contributed by atoms with E-state index in [1.807, 2.05) is 48.5 Å². The molecule has 4 heteroatoms. The molecular formula is C20H15Cl2NO. The summed E-state index contributed by atoms with van der Waals surface area (Å²) in [5.41, 5.74) is 1.86. The smallest absolute Gasteiger partial charge is 0.228 e. The molecule has 0 bridgehead atoms. The minimum Gasteiger partial charge on any atom is -0.326 e. The van der Waals surface area contributed by atoms with E-state index in [4.69, 9.17) is 23.2 Å². The molecule has 1 fully saturated rings. The zero-order chi connectivity index (χ0) is 16.7. The second-order valence-electron chi connectivity index (χ2n) is 6.20. The van der Waals surface area contributed by atoms with Gasteiger partial charge in [-0.05, 0) is 59.0 Å². The zero-order valence-corrected chi connectivity index (χ0v) is 14.3. The van der Waals surface area contributed by atoms with Crippen LogP contribution in [0, 0.1) is 5.92 Å². The van der Waals surface area contributed by atoms with Crippen LogP contribution in [0.5, 0.6) is 0 Å². The van der Waals surface area contributed by atoms with E-state index in [0.717, 1.165) is 28.4 Å². The zero-order valence-electron chi connectivity index (χ0n) is 12.8. The molecular weight excluding hydrogens is 341 g/mol. The van der Waals surface area contributed by atoms with Crippen molar-refractivity contribution in [2.75, 3.05) is 5.32 Å². The van der Waals surface area contributed by atoms with Crippen molar-refractivity contribution in [1.29, 1.82) is 0 Å². The van der Waals surface area contributed by atoms with Crippen molar-refractivity contribution in [2.45, 2.75) is 12.3 Å². The van der Waals surface area contributed by atoms with E-state index < -0.39 is 0 Å². The summed E-state index contributed by atoms with van der Waals surface area (Å²) in [4.78, 5) is 12.5. The molecule has 1 aliphatic carbocycles. The van der Waals surface area contributed by atoms with Gasteiger partial charge in [0.2, 0.25) is 5.91 Å². The lowest BCUT2D eigenvalue weighted by atomic mass is 10.1. The van der Waals surface area contributed by atoms with Gasteiger partial charge >= 0.3 is 0 Å². The third-order valence-electron chi connectivity index (χ3n) is 4.46. The number of carbonyl (C=O) groups excluding carboxylic acids is 1. The molecule has 0 aliphatic heterocycles. The lowest BCUT2D eigenvalue weighted by Crippen LogP contribution is -2.14. The van der Waals surface area contributed by atoms with Gasteiger partial charge in [0.25, 0.3) is 0 Å². The van der Waals surface area contributed by atoms with Crippen molar-refractivity contribution in [3.63, 3.8) is 0 Å². The molecule has 2 atom stereocenters. The first-order valence-electron chi connectivity index (χ1n) is 7.86. The van der Waals surface area contributed by atoms with Crippen LogP contribution in [0.3, 0.4) is 0 Å². The molecule has 1 saturated carbocycles. The summed E-state index contributed by atoms with van der Waals surface area (Å²) >= 11 is 12.1. The molecule has 0 unspecified atom stereocenters. The van der Waals surface area contributed by atoms with Crippen molar-refractivity contribution >= 4 is 45.6 Å². The molecule has 0 aromatic heterocycles. The monoisotopic (exact) mass is 355 g/mol. The van der Waals surface area contributed by atoms with Crippen molar-refractivity contribution in [3.8, 4) is 0 Å². The summed E-state index contributed by atoms with van der Waals surface area (Å²) in [6.45, 7) is 0. The van der Waals surface area contributed by atoms with E-state index in [1.165, 1.54) is 0 Å². The molecule has 0 spiro atoms. The molecule has 120 valence electrons. The third-order valence-corrected chi connectivity index (χ3v) is 4.89. The van der Waals surface area contributed by atoms with Crippen LogP contribution in [0.15, 0.2) is 60.7 Å². The average Bonchev–Trinajstić information content (AvgIpc) is 3.34. The SMILES string of the molecule is O=C(Nc1ccc2ccccc2c1)[C@@H]1C[C@@H]1c1cc(Cl)cc(Cl)c1. The quantitative estimate of drug-likeness (QED) is 0.623. The lowest BCUT2D eigenvalue weighted by molar-refractivity contribution is -0.117. The highest BCUT2D eigenvalue weighted by molar-refractivity contribution is 6.34. The van der Waals surface area contributed by atoms with Gasteiger partial charge in [-0.25, -0.2) is 0 Å². The fraction of sp³-hybridized carbons (Fsp3) is 0.150. The predicted molar refractivity (Wildman–Crippen MR) is 99.9 cm³/mol. The third kappa shape index (κ3) is 3.12. The van der Waals surface area contributed by atoms with Gasteiger partial charge in [-0.3, -0.25) is 4.79 Å². The van der Waals surface area contributed by atoms with E-state index in [0.29, 0.717) is 10.0 Å². The molecule has 0 saturated heterocycles. The highest BCUT2D eigenvalue weighted by atomic mass is 35.5. The summed E-state index contributed by atoms with van der Waals surface area (Å²) in [6, 6.07) is 19.5. The molecule has 0 radical (unpaired) electrons. The highest BCUT2D eigenvalue weighted by Gasteiger charge is 2.44. The van der Waals surface area contributed by atoms with E-state index in [1.54, 1.807) is 6.07 Å². The molecule has 1 N–H and O–H groups in total. The topological polar surface area (TPSA) is 29.1 Å². The maximum atomic E-state index is 12.5. The largest absolute Gasteiger partial charge is 0.326 e. The summed E-state index contributed by atoms with van der Waals surface area (Å²) in [7, 11) is 0. The predicted octanol–water partition coefficient (Wildman–Crippen LogP) is 5.89. The van der Waals surface area contributed by atoms with Gasteiger partial charge < -0.3 is 5.32 Å². The minimum absolute atomic E-state index is 0.0222. The Bertz CT molecular complexity index is 918. The van der Waals surface area contributed by atoms with E-state index in [2.05, 4.69) is 11.4 Å². The van der Waals surface area contributed by atoms with E-state index >= 15 is 0 Å². The van der Waals surface area contributed by atoms with E-state index in [9.17, 15) is 4.79 Å². The maximum absolute atomic E-state index is 12.5. The molecule has 24 heavy (non-hydrogen) atoms. The Hall–Kier alpha value is -2.03. The van der Waals surface area contributed by atoms with Crippen LogP contribution in [0.25, 0.3) is 10.8 Å². The Balaban J connectivity index is 1.48. The van der Waals surface area contributed by atoms with Crippen LogP contribution in [-0.4, -0.2) is 5.91 Å². The number of halogens is 2. The Kier molecular flexibility index (Phi) is 3.95. The fourth-order valence-corrected chi connectivity index (χ4v) is 3.69. The number of nitrogens with one attached hydrogen (secondary N) is 1. The van der Waals surface area contributed by atoms with Gasteiger partial charge in [0.1, 0.15) is 0 Å². The van der Waals surface area contributed by atoms with E-state index in [-0.39, 0.29) is 17.7 Å². The average molecular weight is 356 g/mol. The first-order chi connectivity index (χ1) is 11.6. The highest BCUT2D eigenvalue weighted by Crippen LogP contribution is 2.49. The number of benzene rings is 3. The molecule has 1 aliphatic rings. The normalized spacial score (nSPS) is 19.2. The molecule has 2 nitrogen and oxygen atoms in total. The summed E-state index contributed by atoms with van der Waals surface area (Å²) in [6.07, 6.45) is 0.829. The maximum Gasteiger partial charge on any atom is 0.228 e. The van der Waals surface area contributed by atoms with Gasteiger partial charge in [0.05, 0.1) is 0 Å². The Labute approximate surface area is 150 Å². The summed E-state index contributed by atoms with van der Waals surface area (Å²) < 4.78 is 0. The lowest BCUT2D eigenvalue weighted by Gasteiger charge is -2.07. The summed E-state index contributed by atoms with van der Waals surface area (Å²) in [5, 5.41) is 6.51. The first-order valence-corrected chi connectivity index (χ1v) is 8.61. The van der Waals surface area contributed by atoms with Gasteiger partial charge in [0, 0.05) is 21.7 Å². The van der Waals surface area contributed by atoms with Crippen molar-refractivity contribution in [2.24, 2.45) is 5.92 Å². The number of anilines is 1. The number of carbonyl (C=O) groups is 1. The van der Waals surface area contributed by atoms with Crippen LogP contribution in [0.2, 0.25) is 10.0 Å². The van der Waals surface area contributed by atoms with Gasteiger partial charge in [-0.15, -0.1) is 0 Å². The number of fused-ring (bicyclic) bond motifs is 1.